The summed E-state index contributed by atoms with van der Waals surface area (Å²) < 4.78 is 12.6. The molecule has 2 heterocycles. The number of ether oxygens (including phenoxy) is 1. The molecule has 0 bridgehead atoms. The Morgan fingerprint density at radius 2 is 2.25 bits per heavy atom. The summed E-state index contributed by atoms with van der Waals surface area (Å²) in [6.45, 7) is 2.35. The second kappa shape index (κ2) is 7.18. The highest BCUT2D eigenvalue weighted by atomic mass is 32.1. The summed E-state index contributed by atoms with van der Waals surface area (Å²) in [6.07, 6.45) is 3.31. The average molecular weight is 343 g/mol. The van der Waals surface area contributed by atoms with Crippen LogP contribution in [0.4, 0.5) is 0 Å². The Hall–Kier alpha value is -2.80. The van der Waals surface area contributed by atoms with Crippen LogP contribution in [0, 0.1) is 0 Å². The molecule has 0 unspecified atom stereocenters. The molecule has 2 aromatic heterocycles. The Labute approximate surface area is 143 Å². The van der Waals surface area contributed by atoms with Gasteiger partial charge < -0.3 is 14.3 Å². The van der Waals surface area contributed by atoms with Gasteiger partial charge in [0.15, 0.2) is 17.3 Å². The number of furan rings is 1. The predicted octanol–water partition coefficient (Wildman–Crippen LogP) is 3.33. The van der Waals surface area contributed by atoms with Crippen molar-refractivity contribution in [1.82, 2.24) is 4.68 Å². The van der Waals surface area contributed by atoms with E-state index in [4.69, 9.17) is 9.15 Å². The van der Waals surface area contributed by atoms with Crippen LogP contribution in [0.1, 0.15) is 12.5 Å². The lowest BCUT2D eigenvalue weighted by molar-refractivity contribution is 0.318. The van der Waals surface area contributed by atoms with Gasteiger partial charge in [-0.3, -0.25) is 4.99 Å². The van der Waals surface area contributed by atoms with Crippen molar-refractivity contribution in [3.63, 3.8) is 0 Å². The topological polar surface area (TPSA) is 72.2 Å². The monoisotopic (exact) mass is 343 g/mol. The number of phenols is 1. The van der Waals surface area contributed by atoms with Gasteiger partial charge in [0.1, 0.15) is 5.69 Å². The first-order chi connectivity index (χ1) is 11.7. The van der Waals surface area contributed by atoms with E-state index in [0.717, 1.165) is 21.8 Å². The fraction of sp³-hybridized carbons (Fsp3) is 0.176. The third kappa shape index (κ3) is 3.26. The van der Waals surface area contributed by atoms with Gasteiger partial charge in [0.25, 0.3) is 0 Å². The molecule has 24 heavy (non-hydrogen) atoms. The van der Waals surface area contributed by atoms with Gasteiger partial charge >= 0.3 is 0 Å². The lowest BCUT2D eigenvalue weighted by Crippen LogP contribution is -2.11. The molecule has 0 radical (unpaired) electrons. The zero-order chi connectivity index (χ0) is 16.9. The van der Waals surface area contributed by atoms with Gasteiger partial charge in [0.2, 0.25) is 4.80 Å². The molecule has 0 amide bonds. The standard InChI is InChI=1S/C17H17N3O3S/c1-3-22-16-9-12(6-7-14(16)21)10-19-20-13(11-24-17(20)18-2)15-5-4-8-23-15/h4-11,21H,3H2,1-2H3. The van der Waals surface area contributed by atoms with Crippen LogP contribution in [0.3, 0.4) is 0 Å². The molecular formula is C17H17N3O3S. The van der Waals surface area contributed by atoms with Crippen molar-refractivity contribution in [1.29, 1.82) is 0 Å². The number of phenolic OH excluding ortho intramolecular Hbond substituents is 1. The summed E-state index contributed by atoms with van der Waals surface area (Å²) in [5, 5.41) is 16.2. The molecule has 3 aromatic rings. The van der Waals surface area contributed by atoms with Crippen LogP contribution in [0.5, 0.6) is 11.5 Å². The van der Waals surface area contributed by atoms with Gasteiger partial charge in [-0.2, -0.15) is 5.10 Å². The lowest BCUT2D eigenvalue weighted by Gasteiger charge is -2.06. The second-order valence-corrected chi connectivity index (χ2v) is 5.66. The van der Waals surface area contributed by atoms with Gasteiger partial charge in [0.05, 0.1) is 19.1 Å². The predicted molar refractivity (Wildman–Crippen MR) is 93.8 cm³/mol. The van der Waals surface area contributed by atoms with E-state index in [1.807, 2.05) is 24.4 Å². The lowest BCUT2D eigenvalue weighted by atomic mass is 10.2. The van der Waals surface area contributed by atoms with Crippen LogP contribution in [-0.2, 0) is 0 Å². The summed E-state index contributed by atoms with van der Waals surface area (Å²) in [4.78, 5) is 4.99. The van der Waals surface area contributed by atoms with Crippen LogP contribution in [0.2, 0.25) is 0 Å². The van der Waals surface area contributed by atoms with Crippen LogP contribution in [0.15, 0.2) is 56.5 Å². The maximum absolute atomic E-state index is 9.77. The summed E-state index contributed by atoms with van der Waals surface area (Å²) >= 11 is 1.48. The van der Waals surface area contributed by atoms with Gasteiger partial charge in [-0.05, 0) is 42.8 Å². The highest BCUT2D eigenvalue weighted by Gasteiger charge is 2.09. The minimum atomic E-state index is 0.109. The molecule has 0 atom stereocenters. The van der Waals surface area contributed by atoms with Crippen molar-refractivity contribution in [2.45, 2.75) is 6.92 Å². The fourth-order valence-corrected chi connectivity index (χ4v) is 2.95. The van der Waals surface area contributed by atoms with E-state index in [-0.39, 0.29) is 5.75 Å². The highest BCUT2D eigenvalue weighted by Crippen LogP contribution is 2.26. The number of thiazole rings is 1. The molecule has 0 aliphatic heterocycles. The molecule has 0 saturated heterocycles. The van der Waals surface area contributed by atoms with Crippen LogP contribution in [-0.4, -0.2) is 29.7 Å². The van der Waals surface area contributed by atoms with E-state index in [1.54, 1.807) is 42.4 Å². The molecule has 0 fully saturated rings. The van der Waals surface area contributed by atoms with Gasteiger partial charge in [-0.25, -0.2) is 4.68 Å². The number of rotatable bonds is 5. The summed E-state index contributed by atoms with van der Waals surface area (Å²) in [6, 6.07) is 8.80. The Morgan fingerprint density at radius 3 is 2.96 bits per heavy atom. The number of benzene rings is 1. The summed E-state index contributed by atoms with van der Waals surface area (Å²) in [7, 11) is 1.72. The van der Waals surface area contributed by atoms with Crippen LogP contribution >= 0.6 is 11.3 Å². The van der Waals surface area contributed by atoms with E-state index in [1.165, 1.54) is 11.3 Å². The third-order valence-electron chi connectivity index (χ3n) is 3.26. The molecule has 1 N–H and O–H groups in total. The first kappa shape index (κ1) is 16.1. The highest BCUT2D eigenvalue weighted by molar-refractivity contribution is 7.07. The first-order valence-electron chi connectivity index (χ1n) is 7.40. The first-order valence-corrected chi connectivity index (χ1v) is 8.28. The van der Waals surface area contributed by atoms with E-state index in [0.29, 0.717) is 12.4 Å². The molecule has 3 rings (SSSR count). The van der Waals surface area contributed by atoms with Crippen molar-refractivity contribution in [2.24, 2.45) is 10.1 Å². The largest absolute Gasteiger partial charge is 0.504 e. The molecule has 0 spiro atoms. The Bertz CT molecular complexity index is 908. The smallest absolute Gasteiger partial charge is 0.206 e. The summed E-state index contributed by atoms with van der Waals surface area (Å²) in [5.41, 5.74) is 1.63. The second-order valence-electron chi connectivity index (χ2n) is 4.82. The number of aromatic hydroxyl groups is 1. The minimum Gasteiger partial charge on any atom is -0.504 e. The maximum atomic E-state index is 9.77. The molecule has 0 aliphatic rings. The van der Waals surface area contributed by atoms with E-state index in [2.05, 4.69) is 10.1 Å². The molecular weight excluding hydrogens is 326 g/mol. The van der Waals surface area contributed by atoms with Crippen molar-refractivity contribution in [2.75, 3.05) is 13.7 Å². The zero-order valence-electron chi connectivity index (χ0n) is 13.3. The Kier molecular flexibility index (Phi) is 4.81. The number of nitrogens with zero attached hydrogens (tertiary/aromatic N) is 3. The molecule has 0 aliphatic carbocycles. The van der Waals surface area contributed by atoms with Crippen molar-refractivity contribution < 1.29 is 14.3 Å². The zero-order valence-corrected chi connectivity index (χ0v) is 14.2. The SMILES string of the molecule is CCOc1cc(C=Nn2c(-c3ccco3)csc2=NC)ccc1O. The number of hydrogen-bond acceptors (Lipinski definition) is 6. The number of aromatic nitrogens is 1. The molecule has 7 heteroatoms. The maximum Gasteiger partial charge on any atom is 0.206 e. The quantitative estimate of drug-likeness (QED) is 0.722. The van der Waals surface area contributed by atoms with Crippen molar-refractivity contribution in [3.05, 3.63) is 52.3 Å². The normalized spacial score (nSPS) is 12.2. The third-order valence-corrected chi connectivity index (χ3v) is 4.16. The average Bonchev–Trinajstić information content (AvgIpc) is 3.24. The van der Waals surface area contributed by atoms with Crippen molar-refractivity contribution >= 4 is 17.6 Å². The molecule has 1 aromatic carbocycles. The van der Waals surface area contributed by atoms with E-state index >= 15 is 0 Å². The Morgan fingerprint density at radius 1 is 1.38 bits per heavy atom. The van der Waals surface area contributed by atoms with Gasteiger partial charge in [-0.15, -0.1) is 11.3 Å². The van der Waals surface area contributed by atoms with E-state index in [9.17, 15) is 5.11 Å². The van der Waals surface area contributed by atoms with Crippen molar-refractivity contribution in [3.8, 4) is 23.0 Å². The fourth-order valence-electron chi connectivity index (χ4n) is 2.16. The molecule has 6 nitrogen and oxygen atoms in total. The Balaban J connectivity index is 1.98. The van der Waals surface area contributed by atoms with Crippen LogP contribution in [0.25, 0.3) is 11.5 Å². The summed E-state index contributed by atoms with van der Waals surface area (Å²) in [5.74, 6) is 1.26. The van der Waals surface area contributed by atoms with Gasteiger partial charge in [0, 0.05) is 12.4 Å². The van der Waals surface area contributed by atoms with E-state index < -0.39 is 0 Å². The minimum absolute atomic E-state index is 0.109. The van der Waals surface area contributed by atoms with Crippen LogP contribution < -0.4 is 9.54 Å². The van der Waals surface area contributed by atoms with Gasteiger partial charge in [-0.1, -0.05) is 0 Å². The molecule has 124 valence electrons. The molecule has 0 saturated carbocycles. The number of hydrogen-bond donors (Lipinski definition) is 1.